The van der Waals surface area contributed by atoms with E-state index in [1.54, 1.807) is 30.3 Å². The monoisotopic (exact) mass is 290 g/mol. The smallest absolute Gasteiger partial charge is 0.311 e. The molecule has 4 heteroatoms. The second-order valence-corrected chi connectivity index (χ2v) is 8.74. The van der Waals surface area contributed by atoms with Crippen molar-refractivity contribution in [3.05, 3.63) is 72.3 Å². The van der Waals surface area contributed by atoms with E-state index in [4.69, 9.17) is 4.43 Å². The molecule has 0 fully saturated rings. The molecule has 0 bridgehead atoms. The Morgan fingerprint density at radius 1 is 0.850 bits per heavy atom. The lowest BCUT2D eigenvalue weighted by Crippen LogP contribution is -2.44. The highest BCUT2D eigenvalue weighted by Gasteiger charge is 2.30. The lowest BCUT2D eigenvalue weighted by atomic mass is 10.2. The predicted octanol–water partition coefficient (Wildman–Crippen LogP) is 4.38. The van der Waals surface area contributed by atoms with E-state index in [2.05, 4.69) is 0 Å². The summed E-state index contributed by atoms with van der Waals surface area (Å²) < 4.78 is 32.2. The van der Waals surface area contributed by atoms with Crippen LogP contribution in [0, 0.1) is 0 Å². The van der Waals surface area contributed by atoms with Gasteiger partial charge in [0, 0.05) is 5.56 Å². The summed E-state index contributed by atoms with van der Waals surface area (Å²) in [6.45, 7) is 3.82. The number of halogens is 2. The molecule has 0 spiro atoms. The molecule has 0 amide bonds. The van der Waals surface area contributed by atoms with Crippen LogP contribution in [-0.4, -0.2) is 8.32 Å². The molecule has 104 valence electrons. The van der Waals surface area contributed by atoms with E-state index >= 15 is 0 Å². The molecule has 0 heterocycles. The summed E-state index contributed by atoms with van der Waals surface area (Å²) >= 11 is 0. The molecule has 0 aliphatic heterocycles. The summed E-state index contributed by atoms with van der Waals surface area (Å²) in [6.07, 6.45) is -1.78. The van der Waals surface area contributed by atoms with Crippen molar-refractivity contribution in [1.29, 1.82) is 0 Å². The molecule has 0 radical (unpaired) electrons. The summed E-state index contributed by atoms with van der Waals surface area (Å²) in [5.74, 6) is -0.314. The van der Waals surface area contributed by atoms with E-state index in [1.807, 2.05) is 43.4 Å². The second kappa shape index (κ2) is 6.01. The van der Waals surface area contributed by atoms with Crippen molar-refractivity contribution in [2.24, 2.45) is 0 Å². The van der Waals surface area contributed by atoms with Gasteiger partial charge in [-0.1, -0.05) is 60.7 Å². The molecule has 2 aromatic carbocycles. The molecule has 2 aromatic rings. The highest BCUT2D eigenvalue weighted by Crippen LogP contribution is 2.25. The number of hydrogen-bond donors (Lipinski definition) is 0. The van der Waals surface area contributed by atoms with Gasteiger partial charge in [0.05, 0.1) is 0 Å². The van der Waals surface area contributed by atoms with Gasteiger partial charge >= 0.3 is 6.08 Å². The van der Waals surface area contributed by atoms with Crippen LogP contribution in [0.2, 0.25) is 13.1 Å². The average molecular weight is 290 g/mol. The maximum atomic E-state index is 13.2. The van der Waals surface area contributed by atoms with Crippen molar-refractivity contribution in [1.82, 2.24) is 0 Å². The topological polar surface area (TPSA) is 9.23 Å². The molecule has 1 nitrogen and oxygen atoms in total. The first-order chi connectivity index (χ1) is 9.50. The number of rotatable bonds is 4. The molecule has 0 N–H and O–H groups in total. The van der Waals surface area contributed by atoms with Crippen molar-refractivity contribution in [3.8, 4) is 0 Å². The maximum absolute atomic E-state index is 13.2. The van der Waals surface area contributed by atoms with Crippen LogP contribution in [0.3, 0.4) is 0 Å². The van der Waals surface area contributed by atoms with Crippen LogP contribution in [0.15, 0.2) is 66.7 Å². The minimum atomic E-state index is -2.43. The minimum absolute atomic E-state index is 0.314. The van der Waals surface area contributed by atoms with Gasteiger partial charge in [0.2, 0.25) is 0 Å². The Kier molecular flexibility index (Phi) is 4.34. The van der Waals surface area contributed by atoms with Gasteiger partial charge in [-0.2, -0.15) is 8.78 Å². The van der Waals surface area contributed by atoms with E-state index in [-0.39, 0.29) is 5.76 Å². The Bertz CT molecular complexity index is 590. The van der Waals surface area contributed by atoms with Gasteiger partial charge in [-0.3, -0.25) is 0 Å². The van der Waals surface area contributed by atoms with Gasteiger partial charge in [-0.05, 0) is 18.3 Å². The minimum Gasteiger partial charge on any atom is -0.536 e. The lowest BCUT2D eigenvalue weighted by molar-refractivity contribution is 0.385. The quantitative estimate of drug-likeness (QED) is 0.600. The molecule has 0 atom stereocenters. The van der Waals surface area contributed by atoms with E-state index < -0.39 is 14.4 Å². The number of hydrogen-bond acceptors (Lipinski definition) is 1. The molecule has 0 unspecified atom stereocenters. The third kappa shape index (κ3) is 3.33. The van der Waals surface area contributed by atoms with Crippen LogP contribution in [-0.2, 0) is 4.43 Å². The van der Waals surface area contributed by atoms with Gasteiger partial charge < -0.3 is 4.43 Å². The molecule has 0 saturated heterocycles. The molecule has 2 rings (SSSR count). The zero-order chi connectivity index (χ0) is 14.6. The zero-order valence-corrected chi connectivity index (χ0v) is 12.4. The first-order valence-corrected chi connectivity index (χ1v) is 9.27. The maximum Gasteiger partial charge on any atom is 0.311 e. The summed E-state index contributed by atoms with van der Waals surface area (Å²) in [5, 5.41) is 0.981. The Labute approximate surface area is 118 Å². The summed E-state index contributed by atoms with van der Waals surface area (Å²) in [6, 6.07) is 18.0. The summed E-state index contributed by atoms with van der Waals surface area (Å²) in [4.78, 5) is 0. The van der Waals surface area contributed by atoms with Gasteiger partial charge in [-0.15, -0.1) is 0 Å². The third-order valence-electron chi connectivity index (χ3n) is 3.03. The first kappa shape index (κ1) is 14.5. The SMILES string of the molecule is C[Si](C)(OC(=C(F)F)c1ccccc1)c1ccccc1. The van der Waals surface area contributed by atoms with Gasteiger partial charge in [0.25, 0.3) is 8.32 Å². The van der Waals surface area contributed by atoms with Gasteiger partial charge in [-0.25, -0.2) is 0 Å². The fourth-order valence-electron chi connectivity index (χ4n) is 1.95. The Morgan fingerprint density at radius 3 is 1.85 bits per heavy atom. The fraction of sp³-hybridized carbons (Fsp3) is 0.125. The van der Waals surface area contributed by atoms with Crippen molar-refractivity contribution in [2.45, 2.75) is 13.1 Å². The highest BCUT2D eigenvalue weighted by atomic mass is 28.4. The molecule has 20 heavy (non-hydrogen) atoms. The van der Waals surface area contributed by atoms with Crippen molar-refractivity contribution in [3.63, 3.8) is 0 Å². The zero-order valence-electron chi connectivity index (χ0n) is 11.4. The van der Waals surface area contributed by atoms with Gasteiger partial charge in [0.15, 0.2) is 5.76 Å². The molecule has 0 saturated carbocycles. The van der Waals surface area contributed by atoms with Gasteiger partial charge in [0.1, 0.15) is 0 Å². The van der Waals surface area contributed by atoms with E-state index in [9.17, 15) is 8.78 Å². The molecular formula is C16H16F2OSi. The standard InChI is InChI=1S/C16H16F2OSi/c1-20(2,14-11-7-4-8-12-14)19-15(16(17)18)13-9-5-3-6-10-13/h3-12H,1-2H3. The lowest BCUT2D eigenvalue weighted by Gasteiger charge is -2.26. The van der Waals surface area contributed by atoms with Crippen LogP contribution in [0.1, 0.15) is 5.56 Å². The van der Waals surface area contributed by atoms with E-state index in [0.29, 0.717) is 5.56 Å². The van der Waals surface area contributed by atoms with Crippen LogP contribution in [0.5, 0.6) is 0 Å². The first-order valence-electron chi connectivity index (χ1n) is 6.36. The van der Waals surface area contributed by atoms with Crippen LogP contribution in [0.4, 0.5) is 8.78 Å². The average Bonchev–Trinajstić information content (AvgIpc) is 2.46. The molecular weight excluding hydrogens is 274 g/mol. The fourth-order valence-corrected chi connectivity index (χ4v) is 3.77. The Hall–Kier alpha value is -1.94. The highest BCUT2D eigenvalue weighted by molar-refractivity contribution is 6.85. The molecule has 0 aromatic heterocycles. The van der Waals surface area contributed by atoms with Crippen molar-refractivity contribution in [2.75, 3.05) is 0 Å². The van der Waals surface area contributed by atoms with E-state index in [0.717, 1.165) is 5.19 Å². The molecule has 0 aliphatic rings. The third-order valence-corrected chi connectivity index (χ3v) is 5.47. The Balaban J connectivity index is 2.33. The number of benzene rings is 2. The Morgan fingerprint density at radius 2 is 1.35 bits per heavy atom. The molecule has 0 aliphatic carbocycles. The van der Waals surface area contributed by atoms with Crippen LogP contribution < -0.4 is 5.19 Å². The van der Waals surface area contributed by atoms with Crippen LogP contribution in [0.25, 0.3) is 5.76 Å². The van der Waals surface area contributed by atoms with E-state index in [1.165, 1.54) is 0 Å². The van der Waals surface area contributed by atoms with Crippen molar-refractivity contribution < 1.29 is 13.2 Å². The summed E-state index contributed by atoms with van der Waals surface area (Å²) in [5.41, 5.74) is 0.406. The predicted molar refractivity (Wildman–Crippen MR) is 80.2 cm³/mol. The second-order valence-electron chi connectivity index (χ2n) is 4.93. The largest absolute Gasteiger partial charge is 0.536 e. The van der Waals surface area contributed by atoms with Crippen LogP contribution >= 0.6 is 0 Å². The van der Waals surface area contributed by atoms with Crippen molar-refractivity contribution >= 4 is 19.3 Å². The normalized spacial score (nSPS) is 11.0. The summed E-state index contributed by atoms with van der Waals surface area (Å²) in [7, 11) is -2.43.